The molecule has 3 aromatic rings. The molecule has 35 heavy (non-hydrogen) atoms. The fourth-order valence-corrected chi connectivity index (χ4v) is 4.82. The van der Waals surface area contributed by atoms with Gasteiger partial charge in [0.15, 0.2) is 11.5 Å². The SMILES string of the molecule is COc1ccc2ncc(F)c(CCN3CCC(NCc4cc(C)c5c(c4)OCCO5)CC3)c2n1.Cl. The number of pyridine rings is 2. The standard InChI is InChI=1S/C26H31FN4O3.ClH/c1-17-13-18(14-23-26(17)34-12-11-33-23)15-28-19-5-8-31(9-6-19)10-7-20-21(27)16-29-22-3-4-24(32-2)30-25(20)22;/h3-4,13-14,16,19,28H,5-12,15H2,1-2H3;1H. The van der Waals surface area contributed by atoms with Gasteiger partial charge in [-0.3, -0.25) is 4.98 Å². The summed E-state index contributed by atoms with van der Waals surface area (Å²) >= 11 is 0. The van der Waals surface area contributed by atoms with Crippen molar-refractivity contribution in [2.24, 2.45) is 0 Å². The Morgan fingerprint density at radius 2 is 1.97 bits per heavy atom. The number of hydrogen-bond donors (Lipinski definition) is 1. The third-order valence-electron chi connectivity index (χ3n) is 6.70. The van der Waals surface area contributed by atoms with Gasteiger partial charge in [-0.2, -0.15) is 0 Å². The average molecular weight is 503 g/mol. The number of rotatable bonds is 7. The lowest BCUT2D eigenvalue weighted by molar-refractivity contribution is 0.170. The molecule has 1 saturated heterocycles. The number of nitrogens with zero attached hydrogens (tertiary/aromatic N) is 3. The van der Waals surface area contributed by atoms with E-state index in [1.54, 1.807) is 13.2 Å². The van der Waals surface area contributed by atoms with Crippen LogP contribution in [0.4, 0.5) is 4.39 Å². The van der Waals surface area contributed by atoms with Crippen LogP contribution in [0.15, 0.2) is 30.5 Å². The summed E-state index contributed by atoms with van der Waals surface area (Å²) in [5.74, 6) is 1.89. The zero-order valence-electron chi connectivity index (χ0n) is 20.2. The van der Waals surface area contributed by atoms with E-state index in [2.05, 4.69) is 39.2 Å². The van der Waals surface area contributed by atoms with Crippen LogP contribution in [0.1, 0.15) is 29.5 Å². The minimum Gasteiger partial charge on any atom is -0.486 e. The van der Waals surface area contributed by atoms with E-state index < -0.39 is 0 Å². The molecule has 0 bridgehead atoms. The number of likely N-dealkylation sites (tertiary alicyclic amines) is 1. The molecular weight excluding hydrogens is 471 g/mol. The molecule has 1 N–H and O–H groups in total. The van der Waals surface area contributed by atoms with Crippen molar-refractivity contribution in [2.45, 2.75) is 38.8 Å². The Labute approximate surface area is 211 Å². The molecule has 0 atom stereocenters. The predicted octanol–water partition coefficient (Wildman–Crippen LogP) is 4.08. The van der Waals surface area contributed by atoms with Crippen LogP contribution in [-0.4, -0.2) is 60.9 Å². The van der Waals surface area contributed by atoms with Gasteiger partial charge in [-0.1, -0.05) is 6.07 Å². The van der Waals surface area contributed by atoms with E-state index >= 15 is 0 Å². The quantitative estimate of drug-likeness (QED) is 0.522. The Morgan fingerprint density at radius 1 is 1.17 bits per heavy atom. The van der Waals surface area contributed by atoms with Crippen molar-refractivity contribution in [3.63, 3.8) is 0 Å². The smallest absolute Gasteiger partial charge is 0.213 e. The van der Waals surface area contributed by atoms with Crippen molar-refractivity contribution in [1.82, 2.24) is 20.2 Å². The Bertz CT molecular complexity index is 1170. The fourth-order valence-electron chi connectivity index (χ4n) is 4.82. The van der Waals surface area contributed by atoms with Crippen LogP contribution >= 0.6 is 12.4 Å². The number of aromatic nitrogens is 2. The van der Waals surface area contributed by atoms with Gasteiger partial charge in [0.25, 0.3) is 0 Å². The molecular formula is C26H32ClFN4O3. The van der Waals surface area contributed by atoms with Crippen molar-refractivity contribution >= 4 is 23.4 Å². The van der Waals surface area contributed by atoms with Crippen LogP contribution in [0.2, 0.25) is 0 Å². The molecule has 4 heterocycles. The minimum absolute atomic E-state index is 0. The number of piperidine rings is 1. The van der Waals surface area contributed by atoms with E-state index in [1.807, 2.05) is 6.07 Å². The predicted molar refractivity (Wildman–Crippen MR) is 135 cm³/mol. The van der Waals surface area contributed by atoms with E-state index in [4.69, 9.17) is 14.2 Å². The van der Waals surface area contributed by atoms with Crippen LogP contribution in [0.3, 0.4) is 0 Å². The lowest BCUT2D eigenvalue weighted by Crippen LogP contribution is -2.42. The molecule has 1 fully saturated rings. The van der Waals surface area contributed by atoms with Crippen molar-refractivity contribution in [3.8, 4) is 17.4 Å². The molecule has 0 aliphatic carbocycles. The largest absolute Gasteiger partial charge is 0.486 e. The molecule has 0 amide bonds. The van der Waals surface area contributed by atoms with Gasteiger partial charge in [-0.05, 0) is 62.5 Å². The van der Waals surface area contributed by atoms with Crippen molar-refractivity contribution < 1.29 is 18.6 Å². The average Bonchev–Trinajstić information content (AvgIpc) is 2.87. The van der Waals surface area contributed by atoms with E-state index in [0.29, 0.717) is 48.2 Å². The maximum atomic E-state index is 14.6. The van der Waals surface area contributed by atoms with E-state index in [-0.39, 0.29) is 18.2 Å². The zero-order chi connectivity index (χ0) is 23.5. The summed E-state index contributed by atoms with van der Waals surface area (Å²) in [6, 6.07) is 8.30. The number of fused-ring (bicyclic) bond motifs is 2. The summed E-state index contributed by atoms with van der Waals surface area (Å²) in [6.45, 7) is 6.85. The highest BCUT2D eigenvalue weighted by Gasteiger charge is 2.21. The summed E-state index contributed by atoms with van der Waals surface area (Å²) in [5, 5.41) is 3.70. The van der Waals surface area contributed by atoms with E-state index in [0.717, 1.165) is 56.1 Å². The van der Waals surface area contributed by atoms with Gasteiger partial charge < -0.3 is 24.4 Å². The number of halogens is 2. The minimum atomic E-state index is -0.306. The molecule has 0 unspecified atom stereocenters. The molecule has 1 aromatic carbocycles. The highest BCUT2D eigenvalue weighted by atomic mass is 35.5. The fraction of sp³-hybridized carbons (Fsp3) is 0.462. The van der Waals surface area contributed by atoms with Gasteiger partial charge in [0, 0.05) is 30.8 Å². The number of ether oxygens (including phenoxy) is 3. The molecule has 2 aliphatic heterocycles. The molecule has 5 rings (SSSR count). The van der Waals surface area contributed by atoms with Crippen molar-refractivity contribution in [3.05, 3.63) is 53.0 Å². The highest BCUT2D eigenvalue weighted by Crippen LogP contribution is 2.34. The summed E-state index contributed by atoms with van der Waals surface area (Å²) in [5.41, 5.74) is 4.22. The summed E-state index contributed by atoms with van der Waals surface area (Å²) in [7, 11) is 1.56. The van der Waals surface area contributed by atoms with E-state index in [1.165, 1.54) is 11.8 Å². The molecule has 0 saturated carbocycles. The van der Waals surface area contributed by atoms with Gasteiger partial charge in [0.05, 0.1) is 24.3 Å². The molecule has 7 nitrogen and oxygen atoms in total. The zero-order valence-corrected chi connectivity index (χ0v) is 21.0. The summed E-state index contributed by atoms with van der Waals surface area (Å²) in [6.07, 6.45) is 4.02. The number of nitrogens with one attached hydrogen (secondary N) is 1. The number of benzene rings is 1. The third kappa shape index (κ3) is 5.77. The Balaban J connectivity index is 0.00000289. The number of aryl methyl sites for hydroxylation is 1. The molecule has 9 heteroatoms. The first-order valence-corrected chi connectivity index (χ1v) is 11.9. The third-order valence-corrected chi connectivity index (χ3v) is 6.70. The maximum absolute atomic E-state index is 14.6. The van der Waals surface area contributed by atoms with Gasteiger partial charge in [-0.15, -0.1) is 12.4 Å². The lowest BCUT2D eigenvalue weighted by atomic mass is 10.0. The first kappa shape index (κ1) is 25.4. The first-order chi connectivity index (χ1) is 16.6. The molecule has 188 valence electrons. The Kier molecular flexibility index (Phi) is 8.26. The first-order valence-electron chi connectivity index (χ1n) is 11.9. The van der Waals surface area contributed by atoms with Gasteiger partial charge >= 0.3 is 0 Å². The molecule has 0 radical (unpaired) electrons. The highest BCUT2D eigenvalue weighted by molar-refractivity contribution is 5.85. The van der Waals surface area contributed by atoms with E-state index in [9.17, 15) is 4.39 Å². The summed E-state index contributed by atoms with van der Waals surface area (Å²) < 4.78 is 31.3. The van der Waals surface area contributed by atoms with Crippen LogP contribution in [0, 0.1) is 12.7 Å². The second-order valence-corrected chi connectivity index (χ2v) is 8.99. The van der Waals surface area contributed by atoms with Crippen LogP contribution in [0.25, 0.3) is 11.0 Å². The lowest BCUT2D eigenvalue weighted by Gasteiger charge is -2.32. The molecule has 2 aromatic heterocycles. The monoisotopic (exact) mass is 502 g/mol. The van der Waals surface area contributed by atoms with Crippen molar-refractivity contribution in [1.29, 1.82) is 0 Å². The topological polar surface area (TPSA) is 68.7 Å². The van der Waals surface area contributed by atoms with Crippen molar-refractivity contribution in [2.75, 3.05) is 40.0 Å². The van der Waals surface area contributed by atoms with Crippen LogP contribution in [-0.2, 0) is 13.0 Å². The molecule has 0 spiro atoms. The van der Waals surface area contributed by atoms with Crippen LogP contribution < -0.4 is 19.5 Å². The second-order valence-electron chi connectivity index (χ2n) is 8.99. The second kappa shape index (κ2) is 11.4. The maximum Gasteiger partial charge on any atom is 0.213 e. The Hall–Kier alpha value is -2.68. The normalized spacial score (nSPS) is 16.2. The van der Waals surface area contributed by atoms with Gasteiger partial charge in [-0.25, -0.2) is 9.37 Å². The number of methoxy groups -OCH3 is 1. The summed E-state index contributed by atoms with van der Waals surface area (Å²) in [4.78, 5) is 11.0. The van der Waals surface area contributed by atoms with Gasteiger partial charge in [0.1, 0.15) is 19.0 Å². The number of hydrogen-bond acceptors (Lipinski definition) is 7. The van der Waals surface area contributed by atoms with Gasteiger partial charge in [0.2, 0.25) is 5.88 Å². The Morgan fingerprint density at radius 3 is 2.77 bits per heavy atom. The van der Waals surface area contributed by atoms with Crippen LogP contribution in [0.5, 0.6) is 17.4 Å². The molecule has 2 aliphatic rings.